The van der Waals surface area contributed by atoms with Gasteiger partial charge in [-0.05, 0) is 13.0 Å². The number of hydrogen-bond donors (Lipinski definition) is 3. The molecule has 0 fully saturated rings. The molecule has 25 heavy (non-hydrogen) atoms. The van der Waals surface area contributed by atoms with Crippen LogP contribution in [-0.2, 0) is 13.1 Å². The van der Waals surface area contributed by atoms with Gasteiger partial charge in [-0.3, -0.25) is 0 Å². The maximum Gasteiger partial charge on any atom is 0.191 e. The Morgan fingerprint density at radius 1 is 1.36 bits per heavy atom. The van der Waals surface area contributed by atoms with Crippen LogP contribution in [0.1, 0.15) is 18.2 Å². The molecule has 7 nitrogen and oxygen atoms in total. The molecule has 1 aromatic heterocycles. The summed E-state index contributed by atoms with van der Waals surface area (Å²) < 4.78 is 5.13. The monoisotopic (exact) mass is 363 g/mol. The van der Waals surface area contributed by atoms with Crippen LogP contribution in [0.5, 0.6) is 11.5 Å². The molecule has 1 heterocycles. The maximum absolute atomic E-state index is 10.1. The van der Waals surface area contributed by atoms with Crippen LogP contribution < -0.4 is 20.3 Å². The number of rotatable bonds is 7. The summed E-state index contributed by atoms with van der Waals surface area (Å²) in [4.78, 5) is 11.0. The van der Waals surface area contributed by atoms with E-state index in [1.54, 1.807) is 17.4 Å². The average Bonchev–Trinajstić information content (AvgIpc) is 3.08. The van der Waals surface area contributed by atoms with Gasteiger partial charge in [0.2, 0.25) is 0 Å². The van der Waals surface area contributed by atoms with Gasteiger partial charge in [0.05, 0.1) is 25.9 Å². The quantitative estimate of drug-likeness (QED) is 0.517. The van der Waals surface area contributed by atoms with Gasteiger partial charge in [-0.15, -0.1) is 11.3 Å². The first-order valence-electron chi connectivity index (χ1n) is 8.03. The number of nitrogens with one attached hydrogen (secondary N) is 2. The first kappa shape index (κ1) is 18.9. The highest BCUT2D eigenvalue weighted by Crippen LogP contribution is 2.29. The van der Waals surface area contributed by atoms with E-state index in [2.05, 4.69) is 20.6 Å². The zero-order valence-electron chi connectivity index (χ0n) is 15.0. The largest absolute Gasteiger partial charge is 0.504 e. The molecule has 0 aliphatic carbocycles. The highest BCUT2D eigenvalue weighted by Gasteiger charge is 2.08. The Hall–Kier alpha value is -2.48. The predicted molar refractivity (Wildman–Crippen MR) is 103 cm³/mol. The Kier molecular flexibility index (Phi) is 6.88. The molecule has 0 aliphatic rings. The third-order valence-electron chi connectivity index (χ3n) is 3.41. The van der Waals surface area contributed by atoms with Crippen molar-refractivity contribution in [3.05, 3.63) is 34.8 Å². The Morgan fingerprint density at radius 2 is 2.16 bits per heavy atom. The number of benzene rings is 1. The second kappa shape index (κ2) is 9.12. The summed E-state index contributed by atoms with van der Waals surface area (Å²) in [7, 11) is 5.48. The summed E-state index contributed by atoms with van der Waals surface area (Å²) in [6.07, 6.45) is 0. The lowest BCUT2D eigenvalue weighted by Crippen LogP contribution is -2.36. The first-order valence-corrected chi connectivity index (χ1v) is 8.91. The third kappa shape index (κ3) is 5.25. The molecule has 0 spiro atoms. The van der Waals surface area contributed by atoms with Crippen LogP contribution in [0.4, 0.5) is 5.13 Å². The lowest BCUT2D eigenvalue weighted by Gasteiger charge is -2.11. The van der Waals surface area contributed by atoms with E-state index < -0.39 is 0 Å². The molecule has 2 rings (SSSR count). The minimum absolute atomic E-state index is 0.125. The van der Waals surface area contributed by atoms with E-state index in [1.165, 1.54) is 7.11 Å². The summed E-state index contributed by atoms with van der Waals surface area (Å²) in [5.41, 5.74) is 1.67. The number of guanidine groups is 1. The molecule has 0 amide bonds. The predicted octanol–water partition coefficient (Wildman–Crippen LogP) is 2.18. The number of aliphatic imine (C=N–C) groups is 1. The summed E-state index contributed by atoms with van der Waals surface area (Å²) >= 11 is 1.61. The Labute approximate surface area is 152 Å². The van der Waals surface area contributed by atoms with Crippen molar-refractivity contribution in [2.24, 2.45) is 4.99 Å². The van der Waals surface area contributed by atoms with Crippen LogP contribution in [0.25, 0.3) is 0 Å². The number of phenols is 1. The molecule has 0 saturated heterocycles. The standard InChI is InChI=1S/C17H25N5O2S/c1-5-18-16(20-10-13-11-25-17(21-13)22(2)3)19-9-12-7-6-8-14(24-4)15(12)23/h6-8,11,23H,5,9-10H2,1-4H3,(H2,18,19,20). The SMILES string of the molecule is CCNC(=NCc1cccc(OC)c1O)NCc1csc(N(C)C)n1. The number of phenolic OH excluding ortho intramolecular Hbond substituents is 1. The number of para-hydroxylation sites is 1. The van der Waals surface area contributed by atoms with Gasteiger partial charge in [0, 0.05) is 31.6 Å². The molecular weight excluding hydrogens is 338 g/mol. The van der Waals surface area contributed by atoms with Gasteiger partial charge >= 0.3 is 0 Å². The molecule has 3 N–H and O–H groups in total. The lowest BCUT2D eigenvalue weighted by atomic mass is 10.2. The Bertz CT molecular complexity index is 715. The van der Waals surface area contributed by atoms with Gasteiger partial charge in [-0.1, -0.05) is 12.1 Å². The van der Waals surface area contributed by atoms with Gasteiger partial charge in [0.1, 0.15) is 0 Å². The zero-order valence-corrected chi connectivity index (χ0v) is 15.9. The molecule has 136 valence electrons. The summed E-state index contributed by atoms with van der Waals surface area (Å²) in [6.45, 7) is 3.68. The molecule has 0 bridgehead atoms. The van der Waals surface area contributed by atoms with Gasteiger partial charge in [0.15, 0.2) is 22.6 Å². The molecular formula is C17H25N5O2S. The fraction of sp³-hybridized carbons (Fsp3) is 0.412. The second-order valence-electron chi connectivity index (χ2n) is 5.53. The van der Waals surface area contributed by atoms with E-state index in [-0.39, 0.29) is 5.75 Å². The fourth-order valence-corrected chi connectivity index (χ4v) is 2.88. The van der Waals surface area contributed by atoms with Crippen molar-refractivity contribution in [1.29, 1.82) is 0 Å². The molecule has 8 heteroatoms. The third-order valence-corrected chi connectivity index (χ3v) is 4.47. The van der Waals surface area contributed by atoms with Crippen molar-refractivity contribution < 1.29 is 9.84 Å². The van der Waals surface area contributed by atoms with Gasteiger partial charge in [-0.25, -0.2) is 9.98 Å². The summed E-state index contributed by atoms with van der Waals surface area (Å²) in [5.74, 6) is 1.24. The molecule has 2 aromatic rings. The van der Waals surface area contributed by atoms with E-state index in [9.17, 15) is 5.11 Å². The van der Waals surface area contributed by atoms with Crippen LogP contribution in [-0.4, -0.2) is 43.8 Å². The van der Waals surface area contributed by atoms with E-state index in [0.717, 1.165) is 17.4 Å². The van der Waals surface area contributed by atoms with E-state index in [0.29, 0.717) is 30.4 Å². The normalized spacial score (nSPS) is 11.3. The number of nitrogens with zero attached hydrogens (tertiary/aromatic N) is 3. The number of methoxy groups -OCH3 is 1. The van der Waals surface area contributed by atoms with Crippen LogP contribution in [0.3, 0.4) is 0 Å². The fourth-order valence-electron chi connectivity index (χ4n) is 2.12. The Morgan fingerprint density at radius 3 is 2.80 bits per heavy atom. The molecule has 1 aromatic carbocycles. The smallest absolute Gasteiger partial charge is 0.191 e. The van der Waals surface area contributed by atoms with Gasteiger partial charge < -0.3 is 25.4 Å². The van der Waals surface area contributed by atoms with Crippen molar-refractivity contribution >= 4 is 22.4 Å². The molecule has 0 saturated carbocycles. The van der Waals surface area contributed by atoms with Gasteiger partial charge in [0.25, 0.3) is 0 Å². The van der Waals surface area contributed by atoms with E-state index in [1.807, 2.05) is 43.4 Å². The molecule has 0 aliphatic heterocycles. The highest BCUT2D eigenvalue weighted by atomic mass is 32.1. The number of aromatic hydroxyl groups is 1. The van der Waals surface area contributed by atoms with E-state index in [4.69, 9.17) is 4.74 Å². The van der Waals surface area contributed by atoms with Crippen molar-refractivity contribution in [2.75, 3.05) is 32.6 Å². The van der Waals surface area contributed by atoms with Crippen molar-refractivity contribution in [3.63, 3.8) is 0 Å². The molecule has 0 radical (unpaired) electrons. The van der Waals surface area contributed by atoms with Crippen molar-refractivity contribution in [1.82, 2.24) is 15.6 Å². The van der Waals surface area contributed by atoms with E-state index >= 15 is 0 Å². The molecule has 0 atom stereocenters. The number of anilines is 1. The first-order chi connectivity index (χ1) is 12.0. The topological polar surface area (TPSA) is 82.0 Å². The Balaban J connectivity index is 2.02. The number of hydrogen-bond acceptors (Lipinski definition) is 6. The van der Waals surface area contributed by atoms with Crippen LogP contribution >= 0.6 is 11.3 Å². The van der Waals surface area contributed by atoms with Crippen molar-refractivity contribution in [2.45, 2.75) is 20.0 Å². The minimum Gasteiger partial charge on any atom is -0.504 e. The number of ether oxygens (including phenoxy) is 1. The zero-order chi connectivity index (χ0) is 18.2. The minimum atomic E-state index is 0.125. The number of aromatic nitrogens is 1. The number of thiazole rings is 1. The summed E-state index contributed by atoms with van der Waals surface area (Å²) in [6, 6.07) is 5.38. The van der Waals surface area contributed by atoms with Crippen LogP contribution in [0, 0.1) is 0 Å². The summed E-state index contributed by atoms with van der Waals surface area (Å²) in [5, 5.41) is 19.6. The molecule has 0 unspecified atom stereocenters. The second-order valence-corrected chi connectivity index (χ2v) is 6.37. The highest BCUT2D eigenvalue weighted by molar-refractivity contribution is 7.13. The average molecular weight is 363 g/mol. The van der Waals surface area contributed by atoms with Crippen LogP contribution in [0.15, 0.2) is 28.6 Å². The van der Waals surface area contributed by atoms with Gasteiger partial charge in [-0.2, -0.15) is 0 Å². The lowest BCUT2D eigenvalue weighted by molar-refractivity contribution is 0.370. The van der Waals surface area contributed by atoms with Crippen LogP contribution in [0.2, 0.25) is 0 Å². The van der Waals surface area contributed by atoms with Crippen molar-refractivity contribution in [3.8, 4) is 11.5 Å². The maximum atomic E-state index is 10.1.